The Morgan fingerprint density at radius 2 is 1.16 bits per heavy atom. The zero-order valence-corrected chi connectivity index (χ0v) is 40.2. The Labute approximate surface area is 377 Å². The lowest BCUT2D eigenvalue weighted by Gasteiger charge is -2.46. The molecule has 0 atom stereocenters. The van der Waals surface area contributed by atoms with E-state index in [9.17, 15) is 0 Å². The van der Waals surface area contributed by atoms with Crippen molar-refractivity contribution in [3.63, 3.8) is 0 Å². The van der Waals surface area contributed by atoms with Gasteiger partial charge in [0.15, 0.2) is 0 Å². The highest BCUT2D eigenvalue weighted by Crippen LogP contribution is 2.52. The van der Waals surface area contributed by atoms with Gasteiger partial charge in [-0.3, -0.25) is 0 Å². The maximum atomic E-state index is 7.24. The van der Waals surface area contributed by atoms with Gasteiger partial charge in [0, 0.05) is 33.6 Å². The second kappa shape index (κ2) is 13.8. The lowest BCUT2D eigenvalue weighted by molar-refractivity contribution is 0.332. The van der Waals surface area contributed by atoms with Crippen molar-refractivity contribution in [2.24, 2.45) is 0 Å². The smallest absolute Gasteiger partial charge is 0.297 e. The number of nitrogens with one attached hydrogen (secondary N) is 1. The second-order valence-corrected chi connectivity index (χ2v) is 23.5. The van der Waals surface area contributed by atoms with Crippen LogP contribution < -0.4 is 26.8 Å². The van der Waals surface area contributed by atoms with Crippen LogP contribution in [0.5, 0.6) is 0 Å². The van der Waals surface area contributed by atoms with E-state index in [1.165, 1.54) is 89.3 Å². The summed E-state index contributed by atoms with van der Waals surface area (Å²) in [5.74, 6) is 0. The van der Waals surface area contributed by atoms with Crippen molar-refractivity contribution in [1.82, 2.24) is 0 Å². The lowest BCUT2D eigenvalue weighted by atomic mass is 9.35. The molecule has 320 valence electrons. The molecule has 4 heteroatoms. The number of aryl methyl sites for hydroxylation is 1. The maximum absolute atomic E-state index is 7.24. The van der Waals surface area contributed by atoms with Gasteiger partial charge in [-0.25, -0.2) is 0 Å². The van der Waals surface area contributed by atoms with Gasteiger partial charge in [0.25, 0.3) is 6.71 Å². The van der Waals surface area contributed by atoms with Crippen LogP contribution in [0.1, 0.15) is 136 Å². The van der Waals surface area contributed by atoms with E-state index in [1.807, 2.05) is 0 Å². The van der Waals surface area contributed by atoms with Crippen LogP contribution in [0.3, 0.4) is 0 Å². The summed E-state index contributed by atoms with van der Waals surface area (Å²) >= 11 is 0. The summed E-state index contributed by atoms with van der Waals surface area (Å²) < 4.78 is 7.24. The molecule has 1 N–H and O–H groups in total. The number of fused-ring (bicyclic) bond motifs is 7. The molecular formula is C59H65BN2O. The SMILES string of the molecule is Cc1cc2c3c(c1-c1ccc(C(C)(C)C)cc1)Nc1c(oc4ccc(C(C)(C)C)cc14)B3c1cc3c(cc1N2c1ccc(C(C)(C)C)cc1-c1ccccc1)C(C)(C)CCC3(C)C. The predicted octanol–water partition coefficient (Wildman–Crippen LogP) is 14.7. The van der Waals surface area contributed by atoms with Crippen molar-refractivity contribution < 1.29 is 4.42 Å². The maximum Gasteiger partial charge on any atom is 0.297 e. The third-order valence-corrected chi connectivity index (χ3v) is 14.9. The first-order valence-electron chi connectivity index (χ1n) is 23.3. The summed E-state index contributed by atoms with van der Waals surface area (Å²) in [6, 6.07) is 42.1. The highest BCUT2D eigenvalue weighted by atomic mass is 16.3. The molecule has 0 bridgehead atoms. The molecule has 2 aliphatic heterocycles. The van der Waals surface area contributed by atoms with E-state index in [-0.39, 0.29) is 33.8 Å². The van der Waals surface area contributed by atoms with Gasteiger partial charge in [-0.2, -0.15) is 0 Å². The van der Waals surface area contributed by atoms with Crippen molar-refractivity contribution >= 4 is 62.7 Å². The van der Waals surface area contributed by atoms with Crippen LogP contribution in [0.15, 0.2) is 114 Å². The van der Waals surface area contributed by atoms with Gasteiger partial charge in [-0.1, -0.05) is 163 Å². The van der Waals surface area contributed by atoms with Crippen molar-refractivity contribution in [2.75, 3.05) is 10.2 Å². The zero-order chi connectivity index (χ0) is 44.8. The summed E-state index contributed by atoms with van der Waals surface area (Å²) in [4.78, 5) is 2.63. The molecule has 3 heterocycles. The number of rotatable bonds is 3. The van der Waals surface area contributed by atoms with E-state index >= 15 is 0 Å². The quantitative estimate of drug-likeness (QED) is 0.180. The number of furan rings is 1. The largest absolute Gasteiger partial charge is 0.468 e. The minimum Gasteiger partial charge on any atom is -0.468 e. The highest BCUT2D eigenvalue weighted by Gasteiger charge is 2.48. The van der Waals surface area contributed by atoms with E-state index in [0.29, 0.717) is 0 Å². The van der Waals surface area contributed by atoms with Crippen LogP contribution in [0, 0.1) is 6.92 Å². The highest BCUT2D eigenvalue weighted by molar-refractivity contribution is 7.00. The van der Waals surface area contributed by atoms with Crippen LogP contribution in [0.25, 0.3) is 33.2 Å². The molecular weight excluding hydrogens is 763 g/mol. The Morgan fingerprint density at radius 1 is 0.571 bits per heavy atom. The molecule has 0 unspecified atom stereocenters. The fraction of sp³-hybridized carbons (Fsp3) is 0.356. The normalized spacial score (nSPS) is 16.3. The minimum absolute atomic E-state index is 0.0109. The van der Waals surface area contributed by atoms with Crippen molar-refractivity contribution in [2.45, 2.75) is 137 Å². The Morgan fingerprint density at radius 3 is 1.79 bits per heavy atom. The van der Waals surface area contributed by atoms with Gasteiger partial charge in [0.1, 0.15) is 5.58 Å². The third kappa shape index (κ3) is 6.60. The first-order chi connectivity index (χ1) is 29.5. The molecule has 3 nitrogen and oxygen atoms in total. The molecule has 0 radical (unpaired) electrons. The Hall–Kier alpha value is -5.48. The third-order valence-electron chi connectivity index (χ3n) is 14.9. The number of anilines is 5. The summed E-state index contributed by atoms with van der Waals surface area (Å²) in [6.45, 7) is 32.8. The fourth-order valence-corrected chi connectivity index (χ4v) is 10.9. The Balaban J connectivity index is 1.35. The lowest BCUT2D eigenvalue weighted by Crippen LogP contribution is -2.60. The summed E-state index contributed by atoms with van der Waals surface area (Å²) in [7, 11) is 0. The molecule has 3 aliphatic rings. The van der Waals surface area contributed by atoms with Crippen LogP contribution in [-0.4, -0.2) is 6.71 Å². The molecule has 0 fully saturated rings. The van der Waals surface area contributed by atoms with Gasteiger partial charge < -0.3 is 14.6 Å². The topological polar surface area (TPSA) is 28.4 Å². The average Bonchev–Trinajstić information content (AvgIpc) is 3.59. The van der Waals surface area contributed by atoms with Crippen molar-refractivity contribution in [3.05, 3.63) is 143 Å². The van der Waals surface area contributed by atoms with Crippen LogP contribution in [0.4, 0.5) is 28.4 Å². The Kier molecular flexibility index (Phi) is 9.07. The molecule has 0 amide bonds. The van der Waals surface area contributed by atoms with Crippen LogP contribution in [-0.2, 0) is 27.1 Å². The van der Waals surface area contributed by atoms with E-state index in [2.05, 4.69) is 216 Å². The number of benzene rings is 6. The van der Waals surface area contributed by atoms with Crippen molar-refractivity contribution in [3.8, 4) is 22.3 Å². The first-order valence-corrected chi connectivity index (χ1v) is 23.3. The Bertz CT molecular complexity index is 2980. The molecule has 7 aromatic rings. The first kappa shape index (κ1) is 41.5. The molecule has 10 rings (SSSR count). The summed E-state index contributed by atoms with van der Waals surface area (Å²) in [6.07, 6.45) is 2.30. The van der Waals surface area contributed by atoms with Gasteiger partial charge in [-0.05, 0) is 139 Å². The van der Waals surface area contributed by atoms with Gasteiger partial charge in [0.2, 0.25) is 0 Å². The number of hydrogen-bond donors (Lipinski definition) is 1. The monoisotopic (exact) mass is 829 g/mol. The average molecular weight is 829 g/mol. The summed E-state index contributed by atoms with van der Waals surface area (Å²) in [5, 5.41) is 5.33. The molecule has 6 aromatic carbocycles. The number of nitrogens with zero attached hydrogens (tertiary/aromatic N) is 1. The molecule has 0 saturated carbocycles. The van der Waals surface area contributed by atoms with Gasteiger partial charge >= 0.3 is 0 Å². The standard InChI is InChI=1S/C59H65BN2O/c1-35-30-48-51-53(50(35)37-20-22-38(23-21-37)55(2,3)4)61-52-42-32-40(57(8,9)10)25-27-49(42)63-54(52)60(51)45-33-43-44(59(13,14)29-28-58(43,11)12)34-47(45)62(48)46-26-24-39(56(5,6)7)31-41(46)36-18-16-15-17-19-36/h15-27,30-34,61H,28-29H2,1-14H3. The molecule has 1 aromatic heterocycles. The number of hydrogen-bond acceptors (Lipinski definition) is 3. The molecule has 1 aliphatic carbocycles. The van der Waals surface area contributed by atoms with E-state index in [4.69, 9.17) is 4.42 Å². The predicted molar refractivity (Wildman–Crippen MR) is 272 cm³/mol. The minimum atomic E-state index is -0.128. The molecule has 0 spiro atoms. The second-order valence-electron chi connectivity index (χ2n) is 23.5. The van der Waals surface area contributed by atoms with Crippen molar-refractivity contribution in [1.29, 1.82) is 0 Å². The van der Waals surface area contributed by atoms with Crippen LogP contribution >= 0.6 is 0 Å². The van der Waals surface area contributed by atoms with E-state index < -0.39 is 0 Å². The molecule has 0 saturated heterocycles. The fourth-order valence-electron chi connectivity index (χ4n) is 10.9. The van der Waals surface area contributed by atoms with Gasteiger partial charge in [-0.15, -0.1) is 0 Å². The molecule has 63 heavy (non-hydrogen) atoms. The summed E-state index contributed by atoms with van der Waals surface area (Å²) in [5.41, 5.74) is 23.5. The van der Waals surface area contributed by atoms with E-state index in [1.54, 1.807) is 0 Å². The van der Waals surface area contributed by atoms with E-state index in [0.717, 1.165) is 35.2 Å². The van der Waals surface area contributed by atoms with Gasteiger partial charge in [0.05, 0.1) is 17.0 Å². The zero-order valence-electron chi connectivity index (χ0n) is 40.2. The van der Waals surface area contributed by atoms with Crippen LogP contribution in [0.2, 0.25) is 0 Å².